The van der Waals surface area contributed by atoms with E-state index < -0.39 is 19.7 Å². The van der Waals surface area contributed by atoms with Gasteiger partial charge in [-0.3, -0.25) is 0 Å². The van der Waals surface area contributed by atoms with E-state index in [-0.39, 0.29) is 30.4 Å². The van der Waals surface area contributed by atoms with Crippen LogP contribution in [0.3, 0.4) is 0 Å². The highest BCUT2D eigenvalue weighted by Gasteiger charge is 2.26. The first-order valence-corrected chi connectivity index (χ1v) is 12.3. The molecule has 10 heteroatoms. The molecule has 0 aliphatic rings. The van der Waals surface area contributed by atoms with Crippen molar-refractivity contribution in [1.29, 1.82) is 0 Å². The standard InChI is InChI=1S/C22H18N2O6S2/c1-29-15-3-7-17(8-4-15)31(25,26)21-11-12-22(20-14-24-23-13-19(20)21)32(27,28)18-9-5-16(30-2)6-10-18/h3-14H,1-2H3. The zero-order valence-corrected chi connectivity index (χ0v) is 18.7. The van der Waals surface area contributed by atoms with Crippen molar-refractivity contribution in [3.05, 3.63) is 73.1 Å². The monoisotopic (exact) mass is 470 g/mol. The lowest BCUT2D eigenvalue weighted by Gasteiger charge is -2.12. The molecular weight excluding hydrogens is 452 g/mol. The van der Waals surface area contributed by atoms with Gasteiger partial charge >= 0.3 is 0 Å². The van der Waals surface area contributed by atoms with Gasteiger partial charge in [-0.1, -0.05) is 0 Å². The van der Waals surface area contributed by atoms with Crippen LogP contribution < -0.4 is 9.47 Å². The highest BCUT2D eigenvalue weighted by molar-refractivity contribution is 7.92. The van der Waals surface area contributed by atoms with Crippen LogP contribution in [0, 0.1) is 0 Å². The van der Waals surface area contributed by atoms with E-state index in [1.54, 1.807) is 0 Å². The lowest BCUT2D eigenvalue weighted by Crippen LogP contribution is -2.07. The van der Waals surface area contributed by atoms with Crippen LogP contribution >= 0.6 is 0 Å². The Morgan fingerprint density at radius 2 is 0.906 bits per heavy atom. The molecule has 3 aromatic carbocycles. The van der Waals surface area contributed by atoms with E-state index in [1.807, 2.05) is 0 Å². The van der Waals surface area contributed by atoms with Gasteiger partial charge in [-0.25, -0.2) is 16.8 Å². The third-order valence-corrected chi connectivity index (χ3v) is 8.62. The molecule has 1 heterocycles. The van der Waals surface area contributed by atoms with Gasteiger partial charge in [0.15, 0.2) is 0 Å². The van der Waals surface area contributed by atoms with Gasteiger partial charge in [0.1, 0.15) is 11.5 Å². The smallest absolute Gasteiger partial charge is 0.207 e. The number of hydrogen-bond acceptors (Lipinski definition) is 8. The van der Waals surface area contributed by atoms with Gasteiger partial charge in [-0.05, 0) is 60.7 Å². The summed E-state index contributed by atoms with van der Waals surface area (Å²) in [6.45, 7) is 0. The Hall–Kier alpha value is -3.50. The molecule has 4 aromatic rings. The molecule has 0 radical (unpaired) electrons. The van der Waals surface area contributed by atoms with Gasteiger partial charge in [0, 0.05) is 10.8 Å². The molecule has 0 aliphatic heterocycles. The number of sulfone groups is 2. The first-order valence-electron chi connectivity index (χ1n) is 9.31. The summed E-state index contributed by atoms with van der Waals surface area (Å²) >= 11 is 0. The minimum Gasteiger partial charge on any atom is -0.497 e. The van der Waals surface area contributed by atoms with Crippen LogP contribution in [0.15, 0.2) is 92.6 Å². The minimum absolute atomic E-state index is 0.0437. The Labute approximate surface area is 185 Å². The van der Waals surface area contributed by atoms with Crippen LogP contribution in [-0.2, 0) is 19.7 Å². The Balaban J connectivity index is 1.89. The van der Waals surface area contributed by atoms with Crippen molar-refractivity contribution in [2.45, 2.75) is 19.6 Å². The summed E-state index contributed by atoms with van der Waals surface area (Å²) < 4.78 is 63.3. The molecule has 8 nitrogen and oxygen atoms in total. The molecule has 4 rings (SSSR count). The Kier molecular flexibility index (Phi) is 5.57. The van der Waals surface area contributed by atoms with Gasteiger partial charge in [0.2, 0.25) is 19.7 Å². The zero-order chi connectivity index (χ0) is 22.9. The Morgan fingerprint density at radius 3 is 1.22 bits per heavy atom. The second-order valence-electron chi connectivity index (χ2n) is 6.74. The molecule has 0 atom stereocenters. The predicted molar refractivity (Wildman–Crippen MR) is 116 cm³/mol. The van der Waals surface area contributed by atoms with Crippen LogP contribution in [0.1, 0.15) is 0 Å². The van der Waals surface area contributed by atoms with E-state index >= 15 is 0 Å². The number of ether oxygens (including phenoxy) is 2. The molecule has 0 bridgehead atoms. The maximum absolute atomic E-state index is 13.3. The molecule has 0 saturated heterocycles. The molecule has 32 heavy (non-hydrogen) atoms. The van der Waals surface area contributed by atoms with E-state index in [0.29, 0.717) is 11.5 Å². The molecular formula is C22H18N2O6S2. The summed E-state index contributed by atoms with van der Waals surface area (Å²) in [4.78, 5) is -0.0492. The van der Waals surface area contributed by atoms with E-state index in [0.717, 1.165) is 0 Å². The lowest BCUT2D eigenvalue weighted by atomic mass is 10.2. The molecule has 0 N–H and O–H groups in total. The average molecular weight is 471 g/mol. The fourth-order valence-corrected chi connectivity index (χ4v) is 6.17. The summed E-state index contributed by atoms with van der Waals surface area (Å²) in [7, 11) is -4.95. The number of benzene rings is 3. The molecule has 0 spiro atoms. The van der Waals surface area contributed by atoms with Crippen molar-refractivity contribution in [2.24, 2.45) is 0 Å². The van der Waals surface area contributed by atoms with E-state index in [1.165, 1.54) is 87.3 Å². The van der Waals surface area contributed by atoms with Crippen LogP contribution in [0.4, 0.5) is 0 Å². The first kappa shape index (κ1) is 21.7. The zero-order valence-electron chi connectivity index (χ0n) is 17.1. The summed E-state index contributed by atoms with van der Waals surface area (Å²) in [6.07, 6.45) is 2.50. The molecule has 0 amide bonds. The van der Waals surface area contributed by atoms with E-state index in [4.69, 9.17) is 9.47 Å². The summed E-state index contributed by atoms with van der Waals surface area (Å²) in [5.74, 6) is 1.03. The SMILES string of the molecule is COc1ccc(S(=O)(=O)c2ccc(S(=O)(=O)c3ccc(OC)cc3)c3cnncc23)cc1. The van der Waals surface area contributed by atoms with Crippen LogP contribution in [0.5, 0.6) is 11.5 Å². The van der Waals surface area contributed by atoms with Gasteiger partial charge in [-0.15, -0.1) is 0 Å². The molecule has 0 unspecified atom stereocenters. The predicted octanol–water partition coefficient (Wildman–Crippen LogP) is 3.31. The highest BCUT2D eigenvalue weighted by atomic mass is 32.2. The second-order valence-corrected chi connectivity index (χ2v) is 10.6. The van der Waals surface area contributed by atoms with Crippen LogP contribution in [0.25, 0.3) is 10.8 Å². The van der Waals surface area contributed by atoms with Crippen molar-refractivity contribution in [3.63, 3.8) is 0 Å². The van der Waals surface area contributed by atoms with Crippen LogP contribution in [-0.4, -0.2) is 41.3 Å². The van der Waals surface area contributed by atoms with Gasteiger partial charge in [0.25, 0.3) is 0 Å². The second kappa shape index (κ2) is 8.21. The van der Waals surface area contributed by atoms with Crippen LogP contribution in [0.2, 0.25) is 0 Å². The normalized spacial score (nSPS) is 11.9. The van der Waals surface area contributed by atoms with Crippen molar-refractivity contribution in [3.8, 4) is 11.5 Å². The van der Waals surface area contributed by atoms with E-state index in [2.05, 4.69) is 10.2 Å². The van der Waals surface area contributed by atoms with Crippen molar-refractivity contribution in [2.75, 3.05) is 14.2 Å². The fraction of sp³-hybridized carbons (Fsp3) is 0.0909. The summed E-state index contributed by atoms with van der Waals surface area (Å²) in [5, 5.41) is 7.88. The summed E-state index contributed by atoms with van der Waals surface area (Å²) in [6, 6.07) is 14.4. The molecule has 1 aromatic heterocycles. The van der Waals surface area contributed by atoms with Gasteiger partial charge < -0.3 is 9.47 Å². The third kappa shape index (κ3) is 3.67. The number of aromatic nitrogens is 2. The minimum atomic E-state index is -3.96. The van der Waals surface area contributed by atoms with Crippen molar-refractivity contribution < 1.29 is 26.3 Å². The number of methoxy groups -OCH3 is 2. The number of hydrogen-bond donors (Lipinski definition) is 0. The molecule has 164 valence electrons. The first-order chi connectivity index (χ1) is 15.3. The molecule has 0 saturated carbocycles. The maximum Gasteiger partial charge on any atom is 0.207 e. The average Bonchev–Trinajstić information content (AvgIpc) is 2.83. The van der Waals surface area contributed by atoms with E-state index in [9.17, 15) is 16.8 Å². The molecule has 0 aliphatic carbocycles. The lowest BCUT2D eigenvalue weighted by molar-refractivity contribution is 0.414. The fourth-order valence-electron chi connectivity index (χ4n) is 3.28. The number of rotatable bonds is 6. The van der Waals surface area contributed by atoms with Crippen molar-refractivity contribution in [1.82, 2.24) is 10.2 Å². The van der Waals surface area contributed by atoms with Crippen molar-refractivity contribution >= 4 is 30.4 Å². The van der Waals surface area contributed by atoms with Gasteiger partial charge in [-0.2, -0.15) is 10.2 Å². The Bertz CT molecular complexity index is 1380. The Morgan fingerprint density at radius 1 is 0.562 bits per heavy atom. The number of fused-ring (bicyclic) bond motifs is 1. The highest BCUT2D eigenvalue weighted by Crippen LogP contribution is 2.34. The largest absolute Gasteiger partial charge is 0.497 e. The maximum atomic E-state index is 13.3. The quantitative estimate of drug-likeness (QED) is 0.422. The third-order valence-electron chi connectivity index (χ3n) is 4.97. The van der Waals surface area contributed by atoms with Gasteiger partial charge in [0.05, 0.1) is 46.2 Å². The summed E-state index contributed by atoms with van der Waals surface area (Å²) in [5.41, 5.74) is 0. The molecule has 0 fully saturated rings. The topological polar surface area (TPSA) is 113 Å². The number of nitrogens with zero attached hydrogens (tertiary/aromatic N) is 2.